The van der Waals surface area contributed by atoms with Crippen LogP contribution < -0.4 is 4.57 Å². The predicted molar refractivity (Wildman–Crippen MR) is 136 cm³/mol. The Labute approximate surface area is 194 Å². The van der Waals surface area contributed by atoms with Crippen LogP contribution >= 0.6 is 0 Å². The molecule has 0 amide bonds. The molecule has 0 saturated carbocycles. The molecule has 0 spiro atoms. The van der Waals surface area contributed by atoms with E-state index in [-0.39, 0.29) is 11.0 Å². The van der Waals surface area contributed by atoms with Crippen molar-refractivity contribution >= 4 is 21.8 Å². The van der Waals surface area contributed by atoms with Crippen molar-refractivity contribution in [2.45, 2.75) is 37.6 Å². The lowest BCUT2D eigenvalue weighted by molar-refractivity contribution is -0.759. The fraction of sp³-hybridized carbons (Fsp3) is 0.194. The molecule has 0 radical (unpaired) electrons. The molecular weight excluding hydrogens is 400 g/mol. The second kappa shape index (κ2) is 6.45. The molecule has 2 nitrogen and oxygen atoms in total. The summed E-state index contributed by atoms with van der Waals surface area (Å²) < 4.78 is 4.96. The first-order chi connectivity index (χ1) is 16.2. The number of benzene rings is 3. The maximum Gasteiger partial charge on any atom is 0.213 e. The highest BCUT2D eigenvalue weighted by atomic mass is 15.1. The minimum absolute atomic E-state index is 0.0275. The van der Waals surface area contributed by atoms with Gasteiger partial charge in [0.05, 0.1) is 22.0 Å². The molecule has 2 atom stereocenters. The molecule has 1 aliphatic carbocycles. The molecule has 7 rings (SSSR count). The summed E-state index contributed by atoms with van der Waals surface area (Å²) in [6, 6.07) is 31.3. The van der Waals surface area contributed by atoms with E-state index in [0.717, 1.165) is 12.8 Å². The van der Waals surface area contributed by atoms with Gasteiger partial charge in [-0.25, -0.2) is 0 Å². The molecule has 0 bridgehead atoms. The third-order valence-corrected chi connectivity index (χ3v) is 8.40. The van der Waals surface area contributed by atoms with Gasteiger partial charge in [0.1, 0.15) is 0 Å². The maximum absolute atomic E-state index is 2.54. The van der Waals surface area contributed by atoms with Gasteiger partial charge in [-0.2, -0.15) is 4.57 Å². The van der Waals surface area contributed by atoms with Gasteiger partial charge in [-0.15, -0.1) is 0 Å². The summed E-state index contributed by atoms with van der Waals surface area (Å²) in [5.41, 5.74) is 7.94. The van der Waals surface area contributed by atoms with E-state index in [1.54, 1.807) is 0 Å². The Balaban J connectivity index is 1.56. The van der Waals surface area contributed by atoms with Crippen LogP contribution in [-0.4, -0.2) is 4.57 Å². The Hall–Kier alpha value is -3.65. The van der Waals surface area contributed by atoms with Gasteiger partial charge < -0.3 is 4.57 Å². The van der Waals surface area contributed by atoms with Crippen LogP contribution in [0, 0.1) is 0 Å². The van der Waals surface area contributed by atoms with Gasteiger partial charge in [-0.05, 0) is 48.4 Å². The van der Waals surface area contributed by atoms with E-state index < -0.39 is 0 Å². The fourth-order valence-electron chi connectivity index (χ4n) is 6.80. The van der Waals surface area contributed by atoms with Gasteiger partial charge in [0, 0.05) is 35.0 Å². The summed E-state index contributed by atoms with van der Waals surface area (Å²) in [5.74, 6) is 0. The molecule has 1 aliphatic heterocycles. The molecule has 2 heteroatoms. The first kappa shape index (κ1) is 18.9. The Morgan fingerprint density at radius 3 is 2.06 bits per heavy atom. The predicted octanol–water partition coefficient (Wildman–Crippen LogP) is 7.07. The van der Waals surface area contributed by atoms with Crippen LogP contribution in [-0.2, 0) is 11.0 Å². The van der Waals surface area contributed by atoms with Crippen molar-refractivity contribution in [1.82, 2.24) is 4.57 Å². The van der Waals surface area contributed by atoms with Crippen LogP contribution in [0.3, 0.4) is 0 Å². The third-order valence-electron chi connectivity index (χ3n) is 8.40. The first-order valence-electron chi connectivity index (χ1n) is 12.1. The molecule has 3 heterocycles. The summed E-state index contributed by atoms with van der Waals surface area (Å²) in [7, 11) is 0. The first-order valence-corrected chi connectivity index (χ1v) is 12.1. The van der Waals surface area contributed by atoms with Gasteiger partial charge in [-0.1, -0.05) is 62.4 Å². The average molecular weight is 428 g/mol. The summed E-state index contributed by atoms with van der Waals surface area (Å²) in [5, 5.41) is 2.61. The van der Waals surface area contributed by atoms with Crippen molar-refractivity contribution in [2.24, 2.45) is 0 Å². The zero-order valence-corrected chi connectivity index (χ0v) is 19.1. The van der Waals surface area contributed by atoms with E-state index in [4.69, 9.17) is 0 Å². The van der Waals surface area contributed by atoms with Gasteiger partial charge >= 0.3 is 0 Å². The van der Waals surface area contributed by atoms with E-state index >= 15 is 0 Å². The number of rotatable bonds is 3. The van der Waals surface area contributed by atoms with Crippen LogP contribution in [0.15, 0.2) is 103 Å². The molecule has 2 unspecified atom stereocenters. The molecule has 3 aromatic carbocycles. The SMILES string of the molecule is CCC12C=CC1(CC)[n+]1ccccc1-c1cc(-n3c4ccccc4c4ccccc43)ccc12. The van der Waals surface area contributed by atoms with E-state index in [2.05, 4.69) is 126 Å². The number of hydrogen-bond acceptors (Lipinski definition) is 0. The average Bonchev–Trinajstić information content (AvgIpc) is 3.19. The summed E-state index contributed by atoms with van der Waals surface area (Å²) in [4.78, 5) is 0. The van der Waals surface area contributed by atoms with Crippen LogP contribution in [0.2, 0.25) is 0 Å². The molecule has 5 aromatic rings. The molecular formula is C31H27N2+. The number of para-hydroxylation sites is 2. The Kier molecular flexibility index (Phi) is 3.69. The summed E-state index contributed by atoms with van der Waals surface area (Å²) >= 11 is 0. The topological polar surface area (TPSA) is 8.81 Å². The van der Waals surface area contributed by atoms with Gasteiger partial charge in [0.25, 0.3) is 0 Å². The molecule has 0 N–H and O–H groups in total. The minimum atomic E-state index is 0.0275. The number of hydrogen-bond donors (Lipinski definition) is 0. The quantitative estimate of drug-likeness (QED) is 0.215. The zero-order valence-electron chi connectivity index (χ0n) is 19.1. The van der Waals surface area contributed by atoms with Crippen molar-refractivity contribution in [3.63, 3.8) is 0 Å². The molecule has 0 saturated heterocycles. The van der Waals surface area contributed by atoms with E-state index in [1.807, 2.05) is 0 Å². The molecule has 33 heavy (non-hydrogen) atoms. The number of pyridine rings is 1. The lowest BCUT2D eigenvalue weighted by atomic mass is 9.52. The Bertz CT molecular complexity index is 1550. The largest absolute Gasteiger partial charge is 0.309 e. The lowest BCUT2D eigenvalue weighted by Crippen LogP contribution is -2.72. The molecule has 2 aliphatic rings. The summed E-state index contributed by atoms with van der Waals surface area (Å²) in [6.07, 6.45) is 9.36. The Morgan fingerprint density at radius 2 is 1.42 bits per heavy atom. The van der Waals surface area contributed by atoms with Gasteiger partial charge in [-0.3, -0.25) is 0 Å². The van der Waals surface area contributed by atoms with E-state index in [1.165, 1.54) is 44.3 Å². The van der Waals surface area contributed by atoms with E-state index in [9.17, 15) is 0 Å². The van der Waals surface area contributed by atoms with Crippen molar-refractivity contribution in [2.75, 3.05) is 0 Å². The van der Waals surface area contributed by atoms with Crippen molar-refractivity contribution in [3.05, 3.63) is 109 Å². The van der Waals surface area contributed by atoms with Gasteiger partial charge in [0.15, 0.2) is 11.7 Å². The smallest absolute Gasteiger partial charge is 0.213 e. The van der Waals surface area contributed by atoms with Crippen molar-refractivity contribution in [3.8, 4) is 16.9 Å². The number of fused-ring (bicyclic) bond motifs is 9. The molecule has 2 aromatic heterocycles. The van der Waals surface area contributed by atoms with Crippen LogP contribution in [0.25, 0.3) is 38.8 Å². The highest BCUT2D eigenvalue weighted by Crippen LogP contribution is 2.57. The maximum atomic E-state index is 2.54. The van der Waals surface area contributed by atoms with Gasteiger partial charge in [0.2, 0.25) is 5.69 Å². The highest BCUT2D eigenvalue weighted by Gasteiger charge is 2.64. The third kappa shape index (κ3) is 2.12. The second-order valence-electron chi connectivity index (χ2n) is 9.49. The van der Waals surface area contributed by atoms with Crippen LogP contribution in [0.1, 0.15) is 32.3 Å². The van der Waals surface area contributed by atoms with Crippen molar-refractivity contribution in [1.29, 1.82) is 0 Å². The molecule has 0 fully saturated rings. The van der Waals surface area contributed by atoms with Crippen LogP contribution in [0.4, 0.5) is 0 Å². The summed E-state index contributed by atoms with van der Waals surface area (Å²) in [6.45, 7) is 4.67. The number of aromatic nitrogens is 2. The van der Waals surface area contributed by atoms with Crippen LogP contribution in [0.5, 0.6) is 0 Å². The zero-order chi connectivity index (χ0) is 22.2. The number of nitrogens with zero attached hydrogens (tertiary/aromatic N) is 2. The second-order valence-corrected chi connectivity index (χ2v) is 9.49. The lowest BCUT2D eigenvalue weighted by Gasteiger charge is -2.52. The van der Waals surface area contributed by atoms with E-state index in [0.29, 0.717) is 0 Å². The standard InChI is InChI=1S/C31H27N2/c1-3-30-18-19-31(30,4-2)32-20-10-9-13-27(32)25-21-22(16-17-26(25)30)33-28-14-7-5-11-23(28)24-12-6-8-15-29(24)33/h5-21H,3-4H2,1-2H3/q+1. The normalized spacial score (nSPS) is 22.6. The fourth-order valence-corrected chi connectivity index (χ4v) is 6.80. The monoisotopic (exact) mass is 427 g/mol. The number of allylic oxidation sites excluding steroid dienone is 2. The molecule has 160 valence electrons. The Morgan fingerprint density at radius 1 is 0.727 bits per heavy atom. The highest BCUT2D eigenvalue weighted by molar-refractivity contribution is 6.09. The minimum Gasteiger partial charge on any atom is -0.309 e. The van der Waals surface area contributed by atoms with Crippen molar-refractivity contribution < 1.29 is 4.57 Å².